The van der Waals surface area contributed by atoms with Crippen LogP contribution >= 0.6 is 11.3 Å². The van der Waals surface area contributed by atoms with Gasteiger partial charge in [-0.05, 0) is 95.1 Å². The Balaban J connectivity index is 1.07. The summed E-state index contributed by atoms with van der Waals surface area (Å²) in [5, 5.41) is 7.47. The molecule has 0 saturated carbocycles. The van der Waals surface area contributed by atoms with Crippen molar-refractivity contribution in [3.8, 4) is 33.6 Å². The zero-order valence-electron chi connectivity index (χ0n) is 27.5. The van der Waals surface area contributed by atoms with E-state index in [2.05, 4.69) is 178 Å². The van der Waals surface area contributed by atoms with Crippen LogP contribution in [0.15, 0.2) is 176 Å². The first-order chi connectivity index (χ1) is 25.3. The highest BCUT2D eigenvalue weighted by Gasteiger charge is 2.17. The Kier molecular flexibility index (Phi) is 6.12. The van der Waals surface area contributed by atoms with Crippen LogP contribution in [0.5, 0.6) is 0 Å². The molecule has 0 atom stereocenters. The van der Waals surface area contributed by atoms with Gasteiger partial charge in [0.2, 0.25) is 0 Å². The topological polar surface area (TPSA) is 22.8 Å². The molecule has 0 saturated heterocycles. The Labute approximate surface area is 297 Å². The predicted octanol–water partition coefficient (Wildman–Crippen LogP) is 13.0. The number of aromatic nitrogens is 3. The summed E-state index contributed by atoms with van der Waals surface area (Å²) in [5.41, 5.74) is 12.0. The third-order valence-corrected chi connectivity index (χ3v) is 11.6. The monoisotopic (exact) mass is 667 g/mol. The smallest absolute Gasteiger partial charge is 0.0541 e. The Morgan fingerprint density at radius 2 is 0.922 bits per heavy atom. The summed E-state index contributed by atoms with van der Waals surface area (Å²) in [7, 11) is 0. The lowest BCUT2D eigenvalue weighted by atomic mass is 10.0. The van der Waals surface area contributed by atoms with Gasteiger partial charge in [0.05, 0.1) is 22.1 Å². The van der Waals surface area contributed by atoms with Gasteiger partial charge in [0.1, 0.15) is 0 Å². The van der Waals surface area contributed by atoms with Crippen LogP contribution in [0.3, 0.4) is 0 Å². The molecule has 11 rings (SSSR count). The lowest BCUT2D eigenvalue weighted by molar-refractivity contribution is 1.18. The molecule has 51 heavy (non-hydrogen) atoms. The van der Waals surface area contributed by atoms with Crippen molar-refractivity contribution in [3.63, 3.8) is 0 Å². The lowest BCUT2D eigenvalue weighted by Gasteiger charge is -2.11. The Hall–Kier alpha value is -6.49. The average molecular weight is 668 g/mol. The maximum absolute atomic E-state index is 4.43. The van der Waals surface area contributed by atoms with E-state index in [-0.39, 0.29) is 0 Å². The molecule has 4 aromatic heterocycles. The molecule has 0 aliphatic rings. The zero-order chi connectivity index (χ0) is 33.5. The Morgan fingerprint density at radius 1 is 0.353 bits per heavy atom. The van der Waals surface area contributed by atoms with E-state index in [1.165, 1.54) is 86.0 Å². The summed E-state index contributed by atoms with van der Waals surface area (Å²) in [6.07, 6.45) is 3.87. The molecule has 7 aromatic carbocycles. The van der Waals surface area contributed by atoms with Gasteiger partial charge in [-0.25, -0.2) is 0 Å². The maximum atomic E-state index is 4.43. The highest BCUT2D eigenvalue weighted by atomic mass is 32.1. The standard InChI is InChI=1S/C47H29N3S/c1-2-9-30(10-3-1)31-11-8-12-34(25-31)49-42-15-6-4-13-36(42)38-26-32(17-20-44(38)49)33-18-21-45-39(27-33)37-14-5-7-16-43(37)50(45)35-19-22-46-40(28-35)41-29-48-24-23-47(41)51-46/h1-29H. The van der Waals surface area contributed by atoms with Crippen LogP contribution in [-0.2, 0) is 0 Å². The van der Waals surface area contributed by atoms with Gasteiger partial charge < -0.3 is 9.13 Å². The molecule has 0 aliphatic carbocycles. The van der Waals surface area contributed by atoms with Gasteiger partial charge in [0, 0.05) is 65.5 Å². The van der Waals surface area contributed by atoms with Crippen molar-refractivity contribution < 1.29 is 0 Å². The van der Waals surface area contributed by atoms with Crippen LogP contribution in [-0.4, -0.2) is 14.1 Å². The van der Waals surface area contributed by atoms with Gasteiger partial charge in [-0.1, -0.05) is 91.0 Å². The molecule has 4 heteroatoms. The molecule has 0 unspecified atom stereocenters. The summed E-state index contributed by atoms with van der Waals surface area (Å²) >= 11 is 1.82. The molecule has 0 N–H and O–H groups in total. The fourth-order valence-electron chi connectivity index (χ4n) is 8.06. The van der Waals surface area contributed by atoms with Crippen LogP contribution in [0, 0.1) is 0 Å². The van der Waals surface area contributed by atoms with E-state index >= 15 is 0 Å². The minimum Gasteiger partial charge on any atom is -0.309 e. The molecule has 238 valence electrons. The minimum atomic E-state index is 1.16. The molecule has 3 nitrogen and oxygen atoms in total. The molecule has 0 radical (unpaired) electrons. The van der Waals surface area contributed by atoms with E-state index in [1.807, 2.05) is 23.7 Å². The summed E-state index contributed by atoms with van der Waals surface area (Å²) in [5.74, 6) is 0. The van der Waals surface area contributed by atoms with Gasteiger partial charge in [0.25, 0.3) is 0 Å². The molecular weight excluding hydrogens is 639 g/mol. The molecule has 0 bridgehead atoms. The molecule has 0 spiro atoms. The average Bonchev–Trinajstić information content (AvgIpc) is 3.85. The fourth-order valence-corrected chi connectivity index (χ4v) is 9.12. The molecule has 11 aromatic rings. The van der Waals surface area contributed by atoms with Gasteiger partial charge >= 0.3 is 0 Å². The number of hydrogen-bond donors (Lipinski definition) is 0. The molecule has 0 amide bonds. The molecule has 0 aliphatic heterocycles. The first-order valence-corrected chi connectivity index (χ1v) is 18.1. The zero-order valence-corrected chi connectivity index (χ0v) is 28.3. The number of benzene rings is 7. The van der Waals surface area contributed by atoms with Crippen molar-refractivity contribution in [3.05, 3.63) is 176 Å². The van der Waals surface area contributed by atoms with Crippen molar-refractivity contribution in [2.24, 2.45) is 0 Å². The number of hydrogen-bond acceptors (Lipinski definition) is 2. The number of nitrogens with zero attached hydrogens (tertiary/aromatic N) is 3. The van der Waals surface area contributed by atoms with Gasteiger partial charge in [-0.3, -0.25) is 4.98 Å². The molecular formula is C47H29N3S. The number of fused-ring (bicyclic) bond motifs is 9. The second kappa shape index (κ2) is 11.0. The second-order valence-electron chi connectivity index (χ2n) is 13.2. The predicted molar refractivity (Wildman–Crippen MR) is 217 cm³/mol. The second-order valence-corrected chi connectivity index (χ2v) is 14.3. The van der Waals surface area contributed by atoms with Crippen LogP contribution in [0.4, 0.5) is 0 Å². The van der Waals surface area contributed by atoms with E-state index in [4.69, 9.17) is 0 Å². The number of para-hydroxylation sites is 2. The number of pyridine rings is 1. The van der Waals surface area contributed by atoms with E-state index < -0.39 is 0 Å². The summed E-state index contributed by atoms with van der Waals surface area (Å²) in [6, 6.07) is 59.9. The maximum Gasteiger partial charge on any atom is 0.0541 e. The van der Waals surface area contributed by atoms with E-state index in [9.17, 15) is 0 Å². The van der Waals surface area contributed by atoms with Gasteiger partial charge in [-0.15, -0.1) is 11.3 Å². The Morgan fingerprint density at radius 3 is 1.63 bits per heavy atom. The molecule has 0 fully saturated rings. The third-order valence-electron chi connectivity index (χ3n) is 10.4. The Bertz CT molecular complexity index is 3140. The van der Waals surface area contributed by atoms with Crippen LogP contribution in [0.1, 0.15) is 0 Å². The summed E-state index contributed by atoms with van der Waals surface area (Å²) in [4.78, 5) is 4.43. The van der Waals surface area contributed by atoms with E-state index in [0.29, 0.717) is 0 Å². The highest BCUT2D eigenvalue weighted by Crippen LogP contribution is 2.40. The van der Waals surface area contributed by atoms with Crippen molar-refractivity contribution in [1.82, 2.24) is 14.1 Å². The van der Waals surface area contributed by atoms with Gasteiger partial charge in [-0.2, -0.15) is 0 Å². The van der Waals surface area contributed by atoms with E-state index in [0.717, 1.165) is 11.4 Å². The lowest BCUT2D eigenvalue weighted by Crippen LogP contribution is -1.94. The first kappa shape index (κ1) is 28.4. The van der Waals surface area contributed by atoms with Crippen LogP contribution < -0.4 is 0 Å². The van der Waals surface area contributed by atoms with Crippen LogP contribution in [0.2, 0.25) is 0 Å². The largest absolute Gasteiger partial charge is 0.309 e. The van der Waals surface area contributed by atoms with Crippen molar-refractivity contribution in [2.45, 2.75) is 0 Å². The van der Waals surface area contributed by atoms with Crippen molar-refractivity contribution in [1.29, 1.82) is 0 Å². The number of rotatable bonds is 4. The van der Waals surface area contributed by atoms with Crippen molar-refractivity contribution in [2.75, 3.05) is 0 Å². The normalized spacial score (nSPS) is 11.9. The van der Waals surface area contributed by atoms with E-state index in [1.54, 1.807) is 0 Å². The first-order valence-electron chi connectivity index (χ1n) is 17.3. The molecule has 4 heterocycles. The van der Waals surface area contributed by atoms with Crippen LogP contribution in [0.25, 0.3) is 97.4 Å². The SMILES string of the molecule is c1ccc(-c2cccc(-n3c4ccccc4c4cc(-c5ccc6c(c5)c5ccccc5n6-c5ccc6sc7ccncc7c6c5)ccc43)c2)cc1. The number of thiophene rings is 1. The van der Waals surface area contributed by atoms with Gasteiger partial charge in [0.15, 0.2) is 0 Å². The van der Waals surface area contributed by atoms with Crippen molar-refractivity contribution >= 4 is 75.1 Å². The summed E-state index contributed by atoms with van der Waals surface area (Å²) in [6.45, 7) is 0. The highest BCUT2D eigenvalue weighted by molar-refractivity contribution is 7.25. The third kappa shape index (κ3) is 4.33. The fraction of sp³-hybridized carbons (Fsp3) is 0. The minimum absolute atomic E-state index is 1.16. The quantitative estimate of drug-likeness (QED) is 0.183. The summed E-state index contributed by atoms with van der Waals surface area (Å²) < 4.78 is 7.37.